The van der Waals surface area contributed by atoms with Gasteiger partial charge in [-0.25, -0.2) is 4.98 Å². The van der Waals surface area contributed by atoms with Crippen molar-refractivity contribution < 1.29 is 14.1 Å². The van der Waals surface area contributed by atoms with Crippen molar-refractivity contribution in [2.75, 3.05) is 6.54 Å². The van der Waals surface area contributed by atoms with Crippen LogP contribution in [0.4, 0.5) is 0 Å². The number of nitrogens with one attached hydrogen (secondary N) is 1. The highest BCUT2D eigenvalue weighted by molar-refractivity contribution is 5.80. The van der Waals surface area contributed by atoms with Crippen molar-refractivity contribution in [3.05, 3.63) is 24.2 Å². The molecule has 4 rings (SSSR count). The lowest BCUT2D eigenvalue weighted by molar-refractivity contribution is -0.119. The average Bonchev–Trinajstić information content (AvgIpc) is 3.30. The van der Waals surface area contributed by atoms with Crippen molar-refractivity contribution in [2.45, 2.75) is 50.5 Å². The van der Waals surface area contributed by atoms with Gasteiger partial charge in [0, 0.05) is 19.2 Å². The predicted molar refractivity (Wildman–Crippen MR) is 85.4 cm³/mol. The molecule has 0 radical (unpaired) electrons. The molecule has 1 saturated carbocycles. The molecule has 24 heavy (non-hydrogen) atoms. The number of nitrogens with zero attached hydrogens (tertiary/aromatic N) is 3. The Kier molecular flexibility index (Phi) is 3.70. The third kappa shape index (κ3) is 2.74. The van der Waals surface area contributed by atoms with Gasteiger partial charge in [-0.15, -0.1) is 0 Å². The van der Waals surface area contributed by atoms with E-state index in [9.17, 15) is 4.79 Å². The normalized spacial score (nSPS) is 24.3. The summed E-state index contributed by atoms with van der Waals surface area (Å²) < 4.78 is 11.5. The summed E-state index contributed by atoms with van der Waals surface area (Å²) >= 11 is 0. The number of rotatable bonds is 4. The molecule has 1 amide bonds. The molecule has 1 aliphatic heterocycles. The van der Waals surface area contributed by atoms with Crippen LogP contribution in [0.3, 0.4) is 0 Å². The van der Waals surface area contributed by atoms with Crippen LogP contribution in [0.25, 0.3) is 11.4 Å². The molecule has 1 atom stereocenters. The second-order valence-electron chi connectivity index (χ2n) is 6.82. The predicted octanol–water partition coefficient (Wildman–Crippen LogP) is 2.23. The molecule has 2 aromatic heterocycles. The van der Waals surface area contributed by atoms with E-state index in [0.717, 1.165) is 18.4 Å². The quantitative estimate of drug-likeness (QED) is 0.925. The molecule has 2 aliphatic rings. The number of amides is 1. The highest BCUT2D eigenvalue weighted by Crippen LogP contribution is 2.33. The summed E-state index contributed by atoms with van der Waals surface area (Å²) in [5, 5.41) is 6.90. The van der Waals surface area contributed by atoms with Gasteiger partial charge in [0.1, 0.15) is 6.10 Å². The molecule has 1 unspecified atom stereocenters. The van der Waals surface area contributed by atoms with Gasteiger partial charge in [-0.2, -0.15) is 4.98 Å². The summed E-state index contributed by atoms with van der Waals surface area (Å²) in [6.07, 6.45) is 6.76. The topological polar surface area (TPSA) is 90.1 Å². The maximum atomic E-state index is 11.5. The van der Waals surface area contributed by atoms with E-state index >= 15 is 0 Å². The van der Waals surface area contributed by atoms with Gasteiger partial charge in [0.25, 0.3) is 0 Å². The minimum Gasteiger partial charge on any atom is -0.474 e. The highest BCUT2D eigenvalue weighted by atomic mass is 16.5. The first kappa shape index (κ1) is 15.1. The largest absolute Gasteiger partial charge is 0.474 e. The lowest BCUT2D eigenvalue weighted by Gasteiger charge is -2.15. The van der Waals surface area contributed by atoms with Crippen LogP contribution in [0.15, 0.2) is 22.9 Å². The number of carbonyl (C=O) groups is 1. The van der Waals surface area contributed by atoms with Gasteiger partial charge in [-0.3, -0.25) is 4.79 Å². The molecule has 3 heterocycles. The van der Waals surface area contributed by atoms with Crippen LogP contribution in [-0.2, 0) is 10.2 Å². The molecule has 0 aromatic carbocycles. The van der Waals surface area contributed by atoms with Gasteiger partial charge in [0.05, 0.1) is 11.0 Å². The van der Waals surface area contributed by atoms with Crippen molar-refractivity contribution >= 4 is 5.91 Å². The molecule has 126 valence electrons. The lowest BCUT2D eigenvalue weighted by Crippen LogP contribution is -2.25. The molecule has 1 N–H and O–H groups in total. The van der Waals surface area contributed by atoms with E-state index in [1.54, 1.807) is 6.20 Å². The molecule has 0 spiro atoms. The van der Waals surface area contributed by atoms with Gasteiger partial charge >= 0.3 is 0 Å². The fraction of sp³-hybridized carbons (Fsp3) is 0.529. The molecule has 7 nitrogen and oxygen atoms in total. The first-order valence-electron chi connectivity index (χ1n) is 8.37. The minimum absolute atomic E-state index is 0.00360. The average molecular weight is 328 g/mol. The van der Waals surface area contributed by atoms with E-state index in [1.807, 2.05) is 19.1 Å². The fourth-order valence-corrected chi connectivity index (χ4v) is 3.32. The Balaban J connectivity index is 1.61. The van der Waals surface area contributed by atoms with E-state index in [0.29, 0.717) is 30.6 Å². The van der Waals surface area contributed by atoms with E-state index in [2.05, 4.69) is 20.4 Å². The standard InChI is InChI=1S/C17H20N4O3/c1-17(9-13(22)19-10-17)16-20-14(21-24-16)12-7-4-8-18-15(12)23-11-5-2-3-6-11/h4,7-8,11H,2-3,5-6,9-10H2,1H3,(H,19,22). The molecular formula is C17H20N4O3. The summed E-state index contributed by atoms with van der Waals surface area (Å²) in [6.45, 7) is 2.45. The van der Waals surface area contributed by atoms with E-state index in [1.165, 1.54) is 12.8 Å². The third-order valence-corrected chi connectivity index (χ3v) is 4.76. The fourth-order valence-electron chi connectivity index (χ4n) is 3.32. The molecule has 2 aromatic rings. The number of hydrogen-bond acceptors (Lipinski definition) is 6. The van der Waals surface area contributed by atoms with Crippen LogP contribution in [0.2, 0.25) is 0 Å². The van der Waals surface area contributed by atoms with Crippen LogP contribution in [-0.4, -0.2) is 33.7 Å². The zero-order valence-electron chi connectivity index (χ0n) is 13.6. The second-order valence-corrected chi connectivity index (χ2v) is 6.82. The van der Waals surface area contributed by atoms with Gasteiger partial charge in [0.15, 0.2) is 0 Å². The first-order chi connectivity index (χ1) is 11.6. The molecule has 1 aliphatic carbocycles. The smallest absolute Gasteiger partial charge is 0.235 e. The van der Waals surface area contributed by atoms with Crippen molar-refractivity contribution in [3.63, 3.8) is 0 Å². The Morgan fingerprint density at radius 1 is 1.38 bits per heavy atom. The van der Waals surface area contributed by atoms with Crippen LogP contribution >= 0.6 is 0 Å². The number of carbonyl (C=O) groups excluding carboxylic acids is 1. The summed E-state index contributed by atoms with van der Waals surface area (Å²) in [5.74, 6) is 1.46. The SMILES string of the molecule is CC1(c2nc(-c3cccnc3OC3CCCC3)no2)CNC(=O)C1. The zero-order valence-corrected chi connectivity index (χ0v) is 13.6. The van der Waals surface area contributed by atoms with Crippen LogP contribution in [0.5, 0.6) is 5.88 Å². The third-order valence-electron chi connectivity index (χ3n) is 4.76. The Morgan fingerprint density at radius 2 is 2.21 bits per heavy atom. The van der Waals surface area contributed by atoms with Crippen molar-refractivity contribution in [1.29, 1.82) is 0 Å². The molecule has 2 fully saturated rings. The summed E-state index contributed by atoms with van der Waals surface area (Å²) in [7, 11) is 0. The minimum atomic E-state index is -0.461. The van der Waals surface area contributed by atoms with Gasteiger partial charge in [0.2, 0.25) is 23.5 Å². The molecule has 7 heteroatoms. The first-order valence-corrected chi connectivity index (χ1v) is 8.37. The van der Waals surface area contributed by atoms with Gasteiger partial charge < -0.3 is 14.6 Å². The number of pyridine rings is 1. The van der Waals surface area contributed by atoms with E-state index in [4.69, 9.17) is 9.26 Å². The van der Waals surface area contributed by atoms with Gasteiger partial charge in [-0.1, -0.05) is 5.16 Å². The number of hydrogen-bond donors (Lipinski definition) is 1. The Bertz CT molecular complexity index is 754. The highest BCUT2D eigenvalue weighted by Gasteiger charge is 2.40. The number of aromatic nitrogens is 3. The molecular weight excluding hydrogens is 308 g/mol. The van der Waals surface area contributed by atoms with Gasteiger partial charge in [-0.05, 0) is 44.7 Å². The maximum Gasteiger partial charge on any atom is 0.235 e. The van der Waals surface area contributed by atoms with Crippen LogP contribution in [0.1, 0.15) is 44.9 Å². The maximum absolute atomic E-state index is 11.5. The summed E-state index contributed by atoms with van der Waals surface area (Å²) in [5.41, 5.74) is 0.261. The van der Waals surface area contributed by atoms with Crippen LogP contribution in [0, 0.1) is 0 Å². The Morgan fingerprint density at radius 3 is 2.96 bits per heavy atom. The Hall–Kier alpha value is -2.44. The summed E-state index contributed by atoms with van der Waals surface area (Å²) in [6, 6.07) is 3.71. The molecule has 1 saturated heterocycles. The van der Waals surface area contributed by atoms with E-state index in [-0.39, 0.29) is 12.0 Å². The second kappa shape index (κ2) is 5.89. The monoisotopic (exact) mass is 328 g/mol. The van der Waals surface area contributed by atoms with Crippen molar-refractivity contribution in [2.24, 2.45) is 0 Å². The van der Waals surface area contributed by atoms with Crippen molar-refractivity contribution in [1.82, 2.24) is 20.4 Å². The van der Waals surface area contributed by atoms with Crippen LogP contribution < -0.4 is 10.1 Å². The lowest BCUT2D eigenvalue weighted by atomic mass is 9.90. The molecule has 0 bridgehead atoms. The Labute approximate surface area is 139 Å². The number of ether oxygens (including phenoxy) is 1. The van der Waals surface area contributed by atoms with Crippen molar-refractivity contribution in [3.8, 4) is 17.3 Å². The summed E-state index contributed by atoms with van der Waals surface area (Å²) in [4.78, 5) is 20.4. The zero-order chi connectivity index (χ0) is 16.6. The van der Waals surface area contributed by atoms with E-state index < -0.39 is 5.41 Å².